The van der Waals surface area contributed by atoms with Gasteiger partial charge in [0.05, 0.1) is 11.9 Å². The zero-order valence-electron chi connectivity index (χ0n) is 12.4. The largest absolute Gasteiger partial charge is 0.377 e. The topological polar surface area (TPSA) is 72.5 Å². The Kier molecular flexibility index (Phi) is 5.52. The predicted molar refractivity (Wildman–Crippen MR) is 80.5 cm³/mol. The lowest BCUT2D eigenvalue weighted by atomic mass is 10.2. The summed E-state index contributed by atoms with van der Waals surface area (Å²) in [6.07, 6.45) is 1.26. The fraction of sp³-hybridized carbons (Fsp3) is 0.533. The maximum absolute atomic E-state index is 12.8. The molecule has 0 aliphatic carbocycles. The Morgan fingerprint density at radius 3 is 2.68 bits per heavy atom. The van der Waals surface area contributed by atoms with Gasteiger partial charge in [0, 0.05) is 13.2 Å². The van der Waals surface area contributed by atoms with Gasteiger partial charge in [0.15, 0.2) is 9.84 Å². The average Bonchev–Trinajstić information content (AvgIpc) is 2.97. The maximum Gasteiger partial charge on any atom is 0.238 e. The monoisotopic (exact) mass is 329 g/mol. The number of hydrogen-bond acceptors (Lipinski definition) is 4. The van der Waals surface area contributed by atoms with Crippen LogP contribution in [0.25, 0.3) is 0 Å². The van der Waals surface area contributed by atoms with Gasteiger partial charge in [0.1, 0.15) is 11.1 Å². The zero-order chi connectivity index (χ0) is 16.2. The summed E-state index contributed by atoms with van der Waals surface area (Å²) >= 11 is 0. The number of ether oxygens (including phenoxy) is 1. The Labute approximate surface area is 129 Å². The molecular formula is C15H20FNO4S. The fourth-order valence-corrected chi connectivity index (χ4v) is 3.76. The quantitative estimate of drug-likeness (QED) is 0.857. The molecule has 1 aromatic carbocycles. The normalized spacial score (nSPS) is 19.8. The fourth-order valence-electron chi connectivity index (χ4n) is 2.28. The van der Waals surface area contributed by atoms with Crippen molar-refractivity contribution >= 4 is 15.7 Å². The molecule has 5 nitrogen and oxygen atoms in total. The van der Waals surface area contributed by atoms with Crippen LogP contribution < -0.4 is 5.32 Å². The van der Waals surface area contributed by atoms with Crippen LogP contribution in [-0.4, -0.2) is 38.0 Å². The zero-order valence-corrected chi connectivity index (χ0v) is 13.2. The highest BCUT2D eigenvalue weighted by molar-refractivity contribution is 7.92. The molecule has 0 bridgehead atoms. The molecule has 1 aliphatic rings. The number of rotatable bonds is 6. The van der Waals surface area contributed by atoms with Crippen molar-refractivity contribution in [2.45, 2.75) is 37.7 Å². The molecule has 0 saturated carbocycles. The molecule has 0 radical (unpaired) electrons. The average molecular weight is 329 g/mol. The lowest BCUT2D eigenvalue weighted by molar-refractivity contribution is -0.120. The number of carbonyl (C=O) groups is 1. The van der Waals surface area contributed by atoms with E-state index in [2.05, 4.69) is 5.32 Å². The minimum Gasteiger partial charge on any atom is -0.377 e. The summed E-state index contributed by atoms with van der Waals surface area (Å²) in [5, 5.41) is 1.44. The number of sulfone groups is 1. The van der Waals surface area contributed by atoms with Crippen LogP contribution in [0.1, 0.15) is 25.3 Å². The smallest absolute Gasteiger partial charge is 0.238 e. The van der Waals surface area contributed by atoms with E-state index in [-0.39, 0.29) is 24.2 Å². The van der Waals surface area contributed by atoms with Gasteiger partial charge in [0.25, 0.3) is 0 Å². The SMILES string of the molecule is C[C@H](C(=O)NCc1ccc(F)cc1)S(=O)(=O)C[C@H]1CCCO1. The number of nitrogens with one attached hydrogen (secondary N) is 1. The molecule has 0 spiro atoms. The molecule has 122 valence electrons. The van der Waals surface area contributed by atoms with E-state index >= 15 is 0 Å². The summed E-state index contributed by atoms with van der Waals surface area (Å²) in [6.45, 7) is 2.12. The number of hydrogen-bond donors (Lipinski definition) is 1. The first-order chi connectivity index (χ1) is 10.4. The van der Waals surface area contributed by atoms with Crippen LogP contribution in [0, 0.1) is 5.82 Å². The van der Waals surface area contributed by atoms with Gasteiger partial charge in [-0.3, -0.25) is 4.79 Å². The Morgan fingerprint density at radius 1 is 1.41 bits per heavy atom. The first-order valence-corrected chi connectivity index (χ1v) is 8.95. The van der Waals surface area contributed by atoms with E-state index in [1.54, 1.807) is 12.1 Å². The highest BCUT2D eigenvalue weighted by Crippen LogP contribution is 2.16. The second-order valence-electron chi connectivity index (χ2n) is 5.45. The first kappa shape index (κ1) is 16.9. The van der Waals surface area contributed by atoms with E-state index < -0.39 is 21.0 Å². The Morgan fingerprint density at radius 2 is 2.09 bits per heavy atom. The molecule has 2 rings (SSSR count). The molecule has 1 fully saturated rings. The third-order valence-corrected chi connectivity index (χ3v) is 5.86. The molecule has 0 aromatic heterocycles. The molecule has 7 heteroatoms. The lowest BCUT2D eigenvalue weighted by Gasteiger charge is -2.16. The van der Waals surface area contributed by atoms with Gasteiger partial charge >= 0.3 is 0 Å². The Hall–Kier alpha value is -1.47. The van der Waals surface area contributed by atoms with E-state index in [0.717, 1.165) is 6.42 Å². The molecule has 0 unspecified atom stereocenters. The van der Waals surface area contributed by atoms with Crippen LogP contribution in [0.15, 0.2) is 24.3 Å². The summed E-state index contributed by atoms with van der Waals surface area (Å²) in [6, 6.07) is 5.67. The first-order valence-electron chi connectivity index (χ1n) is 7.24. The minimum atomic E-state index is -3.55. The third-order valence-electron chi connectivity index (χ3n) is 3.73. The predicted octanol–water partition coefficient (Wildman–Crippen LogP) is 1.42. The second kappa shape index (κ2) is 7.19. The van der Waals surface area contributed by atoms with Crippen molar-refractivity contribution < 1.29 is 22.3 Å². The summed E-state index contributed by atoms with van der Waals surface area (Å²) in [4.78, 5) is 12.0. The van der Waals surface area contributed by atoms with Gasteiger partial charge in [-0.2, -0.15) is 0 Å². The van der Waals surface area contributed by atoms with E-state index in [0.29, 0.717) is 18.6 Å². The molecule has 22 heavy (non-hydrogen) atoms. The van der Waals surface area contributed by atoms with Crippen LogP contribution in [-0.2, 0) is 25.9 Å². The van der Waals surface area contributed by atoms with Crippen molar-refractivity contribution in [1.29, 1.82) is 0 Å². The van der Waals surface area contributed by atoms with Crippen LogP contribution in [0.2, 0.25) is 0 Å². The van der Waals surface area contributed by atoms with E-state index in [9.17, 15) is 17.6 Å². The van der Waals surface area contributed by atoms with E-state index in [4.69, 9.17) is 4.74 Å². The molecule has 2 atom stereocenters. The number of halogens is 1. The van der Waals surface area contributed by atoms with Crippen LogP contribution in [0.5, 0.6) is 0 Å². The summed E-state index contributed by atoms with van der Waals surface area (Å²) < 4.78 is 42.5. The van der Waals surface area contributed by atoms with Gasteiger partial charge in [-0.1, -0.05) is 12.1 Å². The van der Waals surface area contributed by atoms with Crippen molar-refractivity contribution in [3.8, 4) is 0 Å². The Bertz CT molecular complexity index is 609. The van der Waals surface area contributed by atoms with E-state index in [1.165, 1.54) is 19.1 Å². The van der Waals surface area contributed by atoms with Crippen molar-refractivity contribution in [2.75, 3.05) is 12.4 Å². The lowest BCUT2D eigenvalue weighted by Crippen LogP contribution is -2.40. The molecule has 1 N–H and O–H groups in total. The van der Waals surface area contributed by atoms with Crippen LogP contribution >= 0.6 is 0 Å². The highest BCUT2D eigenvalue weighted by Gasteiger charge is 2.32. The third kappa shape index (κ3) is 4.51. The molecule has 1 amide bonds. The van der Waals surface area contributed by atoms with Gasteiger partial charge < -0.3 is 10.1 Å². The van der Waals surface area contributed by atoms with E-state index in [1.807, 2.05) is 0 Å². The summed E-state index contributed by atoms with van der Waals surface area (Å²) in [5.74, 6) is -1.04. The van der Waals surface area contributed by atoms with Crippen molar-refractivity contribution in [1.82, 2.24) is 5.32 Å². The van der Waals surface area contributed by atoms with Crippen molar-refractivity contribution in [2.24, 2.45) is 0 Å². The second-order valence-corrected chi connectivity index (χ2v) is 7.82. The minimum absolute atomic E-state index is 0.127. The molecule has 1 heterocycles. The standard InChI is InChI=1S/C15H20FNO4S/c1-11(22(19,20)10-14-3-2-8-21-14)15(18)17-9-12-4-6-13(16)7-5-12/h4-7,11,14H,2-3,8-10H2,1H3,(H,17,18)/t11-,14-/m1/s1. The van der Waals surface area contributed by atoms with Crippen LogP contribution in [0.3, 0.4) is 0 Å². The van der Waals surface area contributed by atoms with Gasteiger partial charge in [0.2, 0.25) is 5.91 Å². The number of benzene rings is 1. The molecular weight excluding hydrogens is 309 g/mol. The van der Waals surface area contributed by atoms with Crippen molar-refractivity contribution in [3.63, 3.8) is 0 Å². The van der Waals surface area contributed by atoms with Gasteiger partial charge in [-0.25, -0.2) is 12.8 Å². The van der Waals surface area contributed by atoms with Crippen molar-refractivity contribution in [3.05, 3.63) is 35.6 Å². The number of carbonyl (C=O) groups excluding carboxylic acids is 1. The molecule has 1 aromatic rings. The summed E-state index contributed by atoms with van der Waals surface area (Å²) in [7, 11) is -3.55. The number of amides is 1. The summed E-state index contributed by atoms with van der Waals surface area (Å²) in [5.41, 5.74) is 0.707. The molecule has 1 aliphatic heterocycles. The van der Waals surface area contributed by atoms with Crippen LogP contribution in [0.4, 0.5) is 4.39 Å². The Balaban J connectivity index is 1.88. The van der Waals surface area contributed by atoms with Gasteiger partial charge in [-0.05, 0) is 37.5 Å². The maximum atomic E-state index is 12.8. The molecule has 1 saturated heterocycles. The highest BCUT2D eigenvalue weighted by atomic mass is 32.2. The van der Waals surface area contributed by atoms with Gasteiger partial charge in [-0.15, -0.1) is 0 Å².